The number of urea groups is 1. The number of halogens is 3. The van der Waals surface area contributed by atoms with Crippen molar-refractivity contribution in [2.45, 2.75) is 18.6 Å². The van der Waals surface area contributed by atoms with E-state index in [1.807, 2.05) is 0 Å². The highest BCUT2D eigenvalue weighted by Crippen LogP contribution is 2.40. The number of primary amides is 1. The van der Waals surface area contributed by atoms with Gasteiger partial charge in [0.25, 0.3) is 0 Å². The fourth-order valence-corrected chi connectivity index (χ4v) is 3.51. The predicted octanol–water partition coefficient (Wildman–Crippen LogP) is 3.24. The first-order chi connectivity index (χ1) is 11.8. The number of benzene rings is 1. The molecule has 1 aromatic carbocycles. The van der Waals surface area contributed by atoms with Crippen LogP contribution in [0.4, 0.5) is 29.5 Å². The highest BCUT2D eigenvalue weighted by Gasteiger charge is 2.39. The number of carbonyl (C=O) groups excluding carboxylic acids is 1. The topological polar surface area (TPSA) is 62.5 Å². The molecule has 2 aliphatic heterocycles. The Balaban J connectivity index is 1.81. The Labute approximate surface area is 141 Å². The SMILES string of the molecule is NC(=O)N1c2nc(-c3cccc(C(F)(F)F)c3)ccc2N2CCC1C2. The summed E-state index contributed by atoms with van der Waals surface area (Å²) in [6.07, 6.45) is -3.63. The summed E-state index contributed by atoms with van der Waals surface area (Å²) in [5.41, 5.74) is 6.28. The summed E-state index contributed by atoms with van der Waals surface area (Å²) in [7, 11) is 0. The molecule has 2 amide bonds. The first-order valence-corrected chi connectivity index (χ1v) is 7.87. The van der Waals surface area contributed by atoms with E-state index >= 15 is 0 Å². The monoisotopic (exact) mass is 348 g/mol. The molecule has 1 unspecified atom stereocenters. The van der Waals surface area contributed by atoms with Gasteiger partial charge in [-0.15, -0.1) is 0 Å². The van der Waals surface area contributed by atoms with Gasteiger partial charge in [-0.2, -0.15) is 13.2 Å². The molecule has 5 nitrogen and oxygen atoms in total. The van der Waals surface area contributed by atoms with Gasteiger partial charge in [0, 0.05) is 18.7 Å². The summed E-state index contributed by atoms with van der Waals surface area (Å²) >= 11 is 0. The van der Waals surface area contributed by atoms with E-state index in [9.17, 15) is 18.0 Å². The van der Waals surface area contributed by atoms with E-state index < -0.39 is 17.8 Å². The summed E-state index contributed by atoms with van der Waals surface area (Å²) in [5, 5.41) is 0. The lowest BCUT2D eigenvalue weighted by atomic mass is 10.1. The predicted molar refractivity (Wildman–Crippen MR) is 87.4 cm³/mol. The number of nitrogens with two attached hydrogens (primary N) is 1. The summed E-state index contributed by atoms with van der Waals surface area (Å²) in [5.74, 6) is 0.413. The number of hydrogen-bond acceptors (Lipinski definition) is 3. The molecule has 1 saturated heterocycles. The number of pyridine rings is 1. The Hall–Kier alpha value is -2.77. The molecule has 0 aliphatic carbocycles. The van der Waals surface area contributed by atoms with Gasteiger partial charge in [0.2, 0.25) is 0 Å². The highest BCUT2D eigenvalue weighted by molar-refractivity contribution is 5.96. The molecule has 1 aromatic heterocycles. The van der Waals surface area contributed by atoms with Gasteiger partial charge in [-0.3, -0.25) is 4.90 Å². The third-order valence-corrected chi connectivity index (χ3v) is 4.68. The van der Waals surface area contributed by atoms with Crippen molar-refractivity contribution in [2.75, 3.05) is 22.9 Å². The van der Waals surface area contributed by atoms with Crippen molar-refractivity contribution in [3.8, 4) is 11.3 Å². The maximum atomic E-state index is 12.9. The van der Waals surface area contributed by atoms with Crippen LogP contribution in [-0.4, -0.2) is 30.1 Å². The standard InChI is InChI=1S/C17H15F3N4O/c18-17(19,20)11-3-1-2-10(8-11)13-4-5-14-15(22-13)24(16(21)25)12-6-7-23(14)9-12/h1-5,8,12H,6-7,9H2,(H2,21,25). The Morgan fingerprint density at radius 1 is 1.24 bits per heavy atom. The van der Waals surface area contributed by atoms with Crippen LogP contribution in [0.3, 0.4) is 0 Å². The van der Waals surface area contributed by atoms with Gasteiger partial charge in [0.05, 0.1) is 23.0 Å². The maximum absolute atomic E-state index is 12.9. The second kappa shape index (κ2) is 5.37. The van der Waals surface area contributed by atoms with Crippen LogP contribution < -0.4 is 15.5 Å². The zero-order valence-corrected chi connectivity index (χ0v) is 13.1. The van der Waals surface area contributed by atoms with Crippen molar-refractivity contribution in [2.24, 2.45) is 5.73 Å². The van der Waals surface area contributed by atoms with Crippen molar-refractivity contribution in [1.82, 2.24) is 4.98 Å². The second-order valence-electron chi connectivity index (χ2n) is 6.21. The second-order valence-corrected chi connectivity index (χ2v) is 6.21. The van der Waals surface area contributed by atoms with Crippen LogP contribution in [0, 0.1) is 0 Å². The van der Waals surface area contributed by atoms with Crippen molar-refractivity contribution in [3.05, 3.63) is 42.0 Å². The quantitative estimate of drug-likeness (QED) is 0.861. The average molecular weight is 348 g/mol. The molecule has 1 atom stereocenters. The molecule has 0 radical (unpaired) electrons. The molecule has 8 heteroatoms. The van der Waals surface area contributed by atoms with E-state index in [1.165, 1.54) is 11.0 Å². The number of nitrogens with zero attached hydrogens (tertiary/aromatic N) is 3. The number of aromatic nitrogens is 1. The zero-order chi connectivity index (χ0) is 17.8. The van der Waals surface area contributed by atoms with Gasteiger partial charge >= 0.3 is 12.2 Å². The van der Waals surface area contributed by atoms with E-state index in [-0.39, 0.29) is 6.04 Å². The Kier molecular flexibility index (Phi) is 3.38. The number of fused-ring (bicyclic) bond motifs is 4. The Morgan fingerprint density at radius 3 is 2.76 bits per heavy atom. The molecule has 0 spiro atoms. The molecule has 4 rings (SSSR count). The van der Waals surface area contributed by atoms with Crippen LogP contribution in [-0.2, 0) is 6.18 Å². The zero-order valence-electron chi connectivity index (χ0n) is 13.1. The molecule has 130 valence electrons. The van der Waals surface area contributed by atoms with Gasteiger partial charge in [-0.25, -0.2) is 9.78 Å². The third kappa shape index (κ3) is 2.57. The van der Waals surface area contributed by atoms with Gasteiger partial charge in [0.15, 0.2) is 5.82 Å². The number of amides is 2. The highest BCUT2D eigenvalue weighted by atomic mass is 19.4. The van der Waals surface area contributed by atoms with Crippen molar-refractivity contribution in [1.29, 1.82) is 0 Å². The van der Waals surface area contributed by atoms with E-state index in [1.54, 1.807) is 18.2 Å². The van der Waals surface area contributed by atoms with Crippen LogP contribution in [0.1, 0.15) is 12.0 Å². The summed E-state index contributed by atoms with van der Waals surface area (Å²) in [4.78, 5) is 19.9. The van der Waals surface area contributed by atoms with Crippen LogP contribution in [0.2, 0.25) is 0 Å². The molecule has 2 aliphatic rings. The van der Waals surface area contributed by atoms with Gasteiger partial charge in [-0.1, -0.05) is 12.1 Å². The van der Waals surface area contributed by atoms with Gasteiger partial charge in [-0.05, 0) is 30.7 Å². The summed E-state index contributed by atoms with van der Waals surface area (Å²) in [6, 6.07) is 7.80. The minimum absolute atomic E-state index is 0.0470. The lowest BCUT2D eigenvalue weighted by Gasteiger charge is -2.34. The molecular weight excluding hydrogens is 333 g/mol. The summed E-state index contributed by atoms with van der Waals surface area (Å²) < 4.78 is 38.8. The van der Waals surface area contributed by atoms with E-state index in [0.717, 1.165) is 30.8 Å². The lowest BCUT2D eigenvalue weighted by molar-refractivity contribution is -0.137. The van der Waals surface area contributed by atoms with Crippen molar-refractivity contribution in [3.63, 3.8) is 0 Å². The molecule has 2 bridgehead atoms. The normalized spacial score (nSPS) is 19.1. The van der Waals surface area contributed by atoms with Crippen LogP contribution in [0.15, 0.2) is 36.4 Å². The number of rotatable bonds is 1. The molecule has 3 heterocycles. The van der Waals surface area contributed by atoms with Crippen LogP contribution >= 0.6 is 0 Å². The smallest absolute Gasteiger partial charge is 0.366 e. The minimum atomic E-state index is -4.42. The van der Waals surface area contributed by atoms with E-state index in [2.05, 4.69) is 9.88 Å². The first kappa shape index (κ1) is 15.7. The van der Waals surface area contributed by atoms with Gasteiger partial charge < -0.3 is 10.6 Å². The van der Waals surface area contributed by atoms with E-state index in [0.29, 0.717) is 23.6 Å². The molecule has 25 heavy (non-hydrogen) atoms. The molecular formula is C17H15F3N4O. The summed E-state index contributed by atoms with van der Waals surface area (Å²) in [6.45, 7) is 1.49. The number of carbonyl (C=O) groups is 1. The number of anilines is 2. The Bertz CT molecular complexity index is 852. The lowest BCUT2D eigenvalue weighted by Crippen LogP contribution is -2.48. The Morgan fingerprint density at radius 2 is 2.04 bits per heavy atom. The van der Waals surface area contributed by atoms with Crippen LogP contribution in [0.5, 0.6) is 0 Å². The molecule has 2 aromatic rings. The fourth-order valence-electron chi connectivity index (χ4n) is 3.51. The maximum Gasteiger partial charge on any atom is 0.416 e. The number of hydrogen-bond donors (Lipinski definition) is 1. The third-order valence-electron chi connectivity index (χ3n) is 4.68. The van der Waals surface area contributed by atoms with Gasteiger partial charge in [0.1, 0.15) is 0 Å². The molecule has 1 fully saturated rings. The fraction of sp³-hybridized carbons (Fsp3) is 0.294. The molecule has 0 saturated carbocycles. The molecule has 2 N–H and O–H groups in total. The minimum Gasteiger partial charge on any atom is -0.366 e. The number of alkyl halides is 3. The van der Waals surface area contributed by atoms with Crippen LogP contribution in [0.25, 0.3) is 11.3 Å². The average Bonchev–Trinajstić information content (AvgIpc) is 2.98. The first-order valence-electron chi connectivity index (χ1n) is 7.87. The van der Waals surface area contributed by atoms with E-state index in [4.69, 9.17) is 5.73 Å². The van der Waals surface area contributed by atoms with Crippen molar-refractivity contribution >= 4 is 17.5 Å². The van der Waals surface area contributed by atoms with Crippen molar-refractivity contribution < 1.29 is 18.0 Å². The largest absolute Gasteiger partial charge is 0.416 e.